The number of furan rings is 1. The van der Waals surface area contributed by atoms with Gasteiger partial charge in [0, 0.05) is 42.7 Å². The fourth-order valence-electron chi connectivity index (χ4n) is 3.61. The fraction of sp³-hybridized carbons (Fsp3) is 0.333. The van der Waals surface area contributed by atoms with Gasteiger partial charge in [0.2, 0.25) is 5.91 Å². The number of anilines is 1. The van der Waals surface area contributed by atoms with Crippen molar-refractivity contribution in [3.05, 3.63) is 64.0 Å². The Morgan fingerprint density at radius 3 is 2.60 bits per heavy atom. The minimum Gasteiger partial charge on any atom is -0.461 e. The Morgan fingerprint density at radius 2 is 1.93 bits per heavy atom. The highest BCUT2D eigenvalue weighted by Gasteiger charge is 2.25. The van der Waals surface area contributed by atoms with Crippen molar-refractivity contribution in [1.82, 2.24) is 4.90 Å². The number of carbonyl (C=O) groups excluding carboxylic acids is 2. The van der Waals surface area contributed by atoms with Gasteiger partial charge in [-0.3, -0.25) is 9.59 Å². The van der Waals surface area contributed by atoms with Gasteiger partial charge >= 0.3 is 0 Å². The lowest BCUT2D eigenvalue weighted by atomic mass is 9.92. The van der Waals surface area contributed by atoms with Crippen LogP contribution in [0.2, 0.25) is 0 Å². The van der Waals surface area contributed by atoms with Crippen LogP contribution in [0.3, 0.4) is 0 Å². The largest absolute Gasteiger partial charge is 0.461 e. The van der Waals surface area contributed by atoms with Crippen molar-refractivity contribution in [2.24, 2.45) is 5.41 Å². The van der Waals surface area contributed by atoms with E-state index in [1.165, 1.54) is 11.3 Å². The molecule has 0 fully saturated rings. The molecule has 0 spiro atoms. The highest BCUT2D eigenvalue weighted by molar-refractivity contribution is 7.12. The van der Waals surface area contributed by atoms with Crippen LogP contribution in [0, 0.1) is 5.41 Å². The Labute approximate surface area is 180 Å². The van der Waals surface area contributed by atoms with Crippen molar-refractivity contribution in [1.29, 1.82) is 0 Å². The summed E-state index contributed by atoms with van der Waals surface area (Å²) in [5.74, 6) is 1.83. The number of nitrogens with one attached hydrogen (secondary N) is 1. The Kier molecular flexibility index (Phi) is 5.52. The molecule has 6 heteroatoms. The maximum atomic E-state index is 12.6. The number of amides is 2. The van der Waals surface area contributed by atoms with Gasteiger partial charge in [0.15, 0.2) is 0 Å². The van der Waals surface area contributed by atoms with Gasteiger partial charge in [-0.2, -0.15) is 0 Å². The summed E-state index contributed by atoms with van der Waals surface area (Å²) in [6.45, 7) is 7.36. The molecule has 3 aromatic rings. The van der Waals surface area contributed by atoms with Crippen molar-refractivity contribution in [2.45, 2.75) is 40.2 Å². The SMILES string of the molecule is CC(C)(C)CC(=O)Nc1ccc(-c2cc3c(o2)CCN(C(=O)c2cccs2)C3)cc1. The Balaban J connectivity index is 1.44. The molecule has 0 saturated carbocycles. The number of thiophene rings is 1. The summed E-state index contributed by atoms with van der Waals surface area (Å²) in [6, 6.07) is 13.5. The van der Waals surface area contributed by atoms with Gasteiger partial charge in [-0.25, -0.2) is 0 Å². The van der Waals surface area contributed by atoms with Crippen molar-refractivity contribution in [3.63, 3.8) is 0 Å². The third-order valence-corrected chi connectivity index (χ3v) is 5.89. The molecule has 5 nitrogen and oxygen atoms in total. The Morgan fingerprint density at radius 1 is 1.17 bits per heavy atom. The normalized spacial score (nSPS) is 13.8. The smallest absolute Gasteiger partial charge is 0.264 e. The van der Waals surface area contributed by atoms with Crippen LogP contribution in [0.4, 0.5) is 5.69 Å². The highest BCUT2D eigenvalue weighted by atomic mass is 32.1. The molecule has 30 heavy (non-hydrogen) atoms. The third-order valence-electron chi connectivity index (χ3n) is 5.03. The van der Waals surface area contributed by atoms with Crippen LogP contribution in [0.25, 0.3) is 11.3 Å². The third kappa shape index (κ3) is 4.65. The number of fused-ring (bicyclic) bond motifs is 1. The van der Waals surface area contributed by atoms with Crippen molar-refractivity contribution in [3.8, 4) is 11.3 Å². The number of hydrogen-bond acceptors (Lipinski definition) is 4. The first kappa shape index (κ1) is 20.4. The first-order chi connectivity index (χ1) is 14.3. The molecule has 1 N–H and O–H groups in total. The Bertz CT molecular complexity index is 1040. The van der Waals surface area contributed by atoms with E-state index in [0.717, 1.165) is 33.2 Å². The zero-order valence-electron chi connectivity index (χ0n) is 17.5. The second-order valence-electron chi connectivity index (χ2n) is 8.88. The molecule has 0 aliphatic carbocycles. The van der Waals surface area contributed by atoms with Gasteiger partial charge < -0.3 is 14.6 Å². The molecular formula is C24H26N2O3S. The van der Waals surface area contributed by atoms with Crippen molar-refractivity contribution in [2.75, 3.05) is 11.9 Å². The molecule has 0 atom stereocenters. The number of nitrogens with zero attached hydrogens (tertiary/aromatic N) is 1. The van der Waals surface area contributed by atoms with Gasteiger partial charge in [0.25, 0.3) is 5.91 Å². The average molecular weight is 423 g/mol. The van der Waals surface area contributed by atoms with E-state index in [1.54, 1.807) is 0 Å². The first-order valence-corrected chi connectivity index (χ1v) is 11.0. The lowest BCUT2D eigenvalue weighted by molar-refractivity contribution is -0.117. The fourth-order valence-corrected chi connectivity index (χ4v) is 4.30. The maximum absolute atomic E-state index is 12.6. The van der Waals surface area contributed by atoms with Crippen LogP contribution in [0.15, 0.2) is 52.3 Å². The predicted molar refractivity (Wildman–Crippen MR) is 120 cm³/mol. The van der Waals surface area contributed by atoms with Crippen LogP contribution in [-0.4, -0.2) is 23.3 Å². The second kappa shape index (κ2) is 8.11. The molecule has 1 aliphatic rings. The quantitative estimate of drug-likeness (QED) is 0.597. The zero-order valence-corrected chi connectivity index (χ0v) is 18.3. The monoisotopic (exact) mass is 422 g/mol. The molecular weight excluding hydrogens is 396 g/mol. The lowest BCUT2D eigenvalue weighted by Crippen LogP contribution is -2.35. The molecule has 2 amide bonds. The van der Waals surface area contributed by atoms with Crippen LogP contribution in [0.1, 0.15) is 48.2 Å². The number of hydrogen-bond donors (Lipinski definition) is 1. The summed E-state index contributed by atoms with van der Waals surface area (Å²) >= 11 is 1.47. The maximum Gasteiger partial charge on any atom is 0.264 e. The molecule has 4 rings (SSSR count). The second-order valence-corrected chi connectivity index (χ2v) is 9.82. The molecule has 0 unspecified atom stereocenters. The van der Waals surface area contributed by atoms with Gasteiger partial charge in [-0.1, -0.05) is 26.8 Å². The van der Waals surface area contributed by atoms with E-state index in [1.807, 2.05) is 73.5 Å². The first-order valence-electron chi connectivity index (χ1n) is 10.1. The molecule has 0 radical (unpaired) electrons. The number of rotatable bonds is 4. The number of carbonyl (C=O) groups is 2. The molecule has 0 saturated heterocycles. The van der Waals surface area contributed by atoms with E-state index >= 15 is 0 Å². The molecule has 2 aromatic heterocycles. The molecule has 156 valence electrons. The predicted octanol–water partition coefficient (Wildman–Crippen LogP) is 5.58. The average Bonchev–Trinajstić information content (AvgIpc) is 3.35. The summed E-state index contributed by atoms with van der Waals surface area (Å²) in [7, 11) is 0. The van der Waals surface area contributed by atoms with Crippen molar-refractivity contribution >= 4 is 28.8 Å². The van der Waals surface area contributed by atoms with E-state index in [2.05, 4.69) is 5.32 Å². The molecule has 1 aromatic carbocycles. The highest BCUT2D eigenvalue weighted by Crippen LogP contribution is 2.31. The van der Waals surface area contributed by atoms with Crippen LogP contribution >= 0.6 is 11.3 Å². The summed E-state index contributed by atoms with van der Waals surface area (Å²) in [6.07, 6.45) is 1.19. The number of benzene rings is 1. The minimum atomic E-state index is -0.0456. The molecule has 3 heterocycles. The van der Waals surface area contributed by atoms with E-state index < -0.39 is 0 Å². The topological polar surface area (TPSA) is 62.6 Å². The van der Waals surface area contributed by atoms with Crippen LogP contribution in [0.5, 0.6) is 0 Å². The summed E-state index contributed by atoms with van der Waals surface area (Å²) in [5, 5.41) is 4.87. The summed E-state index contributed by atoms with van der Waals surface area (Å²) in [4.78, 5) is 27.4. The zero-order chi connectivity index (χ0) is 21.3. The lowest BCUT2D eigenvalue weighted by Gasteiger charge is -2.25. The van der Waals surface area contributed by atoms with E-state index in [4.69, 9.17) is 4.42 Å². The van der Waals surface area contributed by atoms with Gasteiger partial charge in [-0.15, -0.1) is 11.3 Å². The van der Waals surface area contributed by atoms with Gasteiger partial charge in [0.1, 0.15) is 11.5 Å². The summed E-state index contributed by atoms with van der Waals surface area (Å²) in [5.41, 5.74) is 2.74. The van der Waals surface area contributed by atoms with Gasteiger partial charge in [-0.05, 0) is 47.2 Å². The van der Waals surface area contributed by atoms with E-state index in [9.17, 15) is 9.59 Å². The van der Waals surface area contributed by atoms with Crippen LogP contribution < -0.4 is 5.32 Å². The molecule has 0 bridgehead atoms. The standard InChI is InChI=1S/C24H26N2O3S/c1-24(2,3)14-22(27)25-18-8-6-16(7-9-18)20-13-17-15-26(11-10-19(17)29-20)23(28)21-5-4-12-30-21/h4-9,12-13H,10-11,14-15H2,1-3H3,(H,25,27). The van der Waals surface area contributed by atoms with Crippen LogP contribution in [-0.2, 0) is 17.8 Å². The van der Waals surface area contributed by atoms with Crippen molar-refractivity contribution < 1.29 is 14.0 Å². The Hall–Kier alpha value is -2.86. The van der Waals surface area contributed by atoms with E-state index in [-0.39, 0.29) is 17.2 Å². The molecule has 1 aliphatic heterocycles. The van der Waals surface area contributed by atoms with Gasteiger partial charge in [0.05, 0.1) is 4.88 Å². The minimum absolute atomic E-state index is 0.0132. The summed E-state index contributed by atoms with van der Waals surface area (Å²) < 4.78 is 6.08. The van der Waals surface area contributed by atoms with E-state index in [0.29, 0.717) is 25.9 Å².